The molecular weight excluding hydrogens is 313 g/mol. The maximum Gasteiger partial charge on any atom is 1.00 e. The van der Waals surface area contributed by atoms with E-state index in [4.69, 9.17) is 0 Å². The third kappa shape index (κ3) is 13.3. The molecule has 5 heteroatoms. The molecular formula is C19H36NNaO3. The molecule has 0 spiro atoms. The van der Waals surface area contributed by atoms with Crippen LogP contribution in [-0.4, -0.2) is 18.4 Å². The zero-order chi connectivity index (χ0) is 17.7. The van der Waals surface area contributed by atoms with Crippen LogP contribution >= 0.6 is 0 Å². The monoisotopic (exact) mass is 349 g/mol. The number of aliphatic carboxylic acids is 1. The first-order chi connectivity index (χ1) is 10.9. The van der Waals surface area contributed by atoms with Crippen molar-refractivity contribution in [2.45, 2.75) is 85.5 Å². The fraction of sp³-hybridized carbons (Fsp3) is 0.895. The second-order valence-electron chi connectivity index (χ2n) is 7.05. The number of carbonyl (C=O) groups excluding carboxylic acids is 2. The van der Waals surface area contributed by atoms with Crippen molar-refractivity contribution in [3.05, 3.63) is 0 Å². The topological polar surface area (TPSA) is 69.2 Å². The number of rotatable bonds is 14. The van der Waals surface area contributed by atoms with E-state index in [0.717, 1.165) is 12.8 Å². The molecule has 0 aromatic carbocycles. The largest absolute Gasteiger partial charge is 1.00 e. The fourth-order valence-electron chi connectivity index (χ4n) is 2.92. The van der Waals surface area contributed by atoms with Crippen molar-refractivity contribution in [1.29, 1.82) is 0 Å². The van der Waals surface area contributed by atoms with Crippen LogP contribution in [0.3, 0.4) is 0 Å². The minimum absolute atomic E-state index is 0. The van der Waals surface area contributed by atoms with E-state index in [-0.39, 0.29) is 41.4 Å². The van der Waals surface area contributed by atoms with E-state index in [1.54, 1.807) is 0 Å². The van der Waals surface area contributed by atoms with Crippen LogP contribution < -0.4 is 40.0 Å². The molecule has 2 atom stereocenters. The Labute approximate surface area is 170 Å². The molecule has 1 unspecified atom stereocenters. The van der Waals surface area contributed by atoms with Gasteiger partial charge in [0.15, 0.2) is 0 Å². The van der Waals surface area contributed by atoms with E-state index in [0.29, 0.717) is 31.7 Å². The van der Waals surface area contributed by atoms with Crippen LogP contribution in [-0.2, 0) is 9.59 Å². The summed E-state index contributed by atoms with van der Waals surface area (Å²) < 4.78 is 0. The van der Waals surface area contributed by atoms with Gasteiger partial charge in [-0.2, -0.15) is 0 Å². The van der Waals surface area contributed by atoms with Gasteiger partial charge in [-0.05, 0) is 37.5 Å². The van der Waals surface area contributed by atoms with Crippen LogP contribution in [0.25, 0.3) is 0 Å². The molecule has 0 aliphatic carbocycles. The Balaban J connectivity index is 0. The first-order valence-corrected chi connectivity index (χ1v) is 9.40. The minimum atomic E-state index is -1.03. The average Bonchev–Trinajstić information content (AvgIpc) is 2.49. The Kier molecular flexibility index (Phi) is 17.9. The Morgan fingerprint density at radius 3 is 2.00 bits per heavy atom. The molecule has 0 heterocycles. The van der Waals surface area contributed by atoms with E-state index in [1.807, 2.05) is 20.8 Å². The molecule has 0 fully saturated rings. The molecule has 0 aliphatic rings. The number of unbranched alkanes of at least 4 members (excludes halogenated alkanes) is 5. The molecule has 4 nitrogen and oxygen atoms in total. The molecule has 0 bridgehead atoms. The molecule has 1 amide bonds. The van der Waals surface area contributed by atoms with Gasteiger partial charge in [-0.3, -0.25) is 4.79 Å². The maximum atomic E-state index is 12.2. The van der Waals surface area contributed by atoms with E-state index in [2.05, 4.69) is 12.2 Å². The normalized spacial score (nSPS) is 13.2. The first-order valence-electron chi connectivity index (χ1n) is 9.40. The molecule has 0 saturated heterocycles. The van der Waals surface area contributed by atoms with Gasteiger partial charge in [-0.15, -0.1) is 0 Å². The van der Waals surface area contributed by atoms with Crippen LogP contribution in [0.15, 0.2) is 0 Å². The van der Waals surface area contributed by atoms with E-state index in [9.17, 15) is 14.7 Å². The third-order valence-electron chi connectivity index (χ3n) is 4.35. The molecule has 0 aromatic rings. The van der Waals surface area contributed by atoms with E-state index < -0.39 is 11.9 Å². The van der Waals surface area contributed by atoms with Gasteiger partial charge in [0.2, 0.25) is 5.91 Å². The summed E-state index contributed by atoms with van der Waals surface area (Å²) >= 11 is 0. The minimum Gasteiger partial charge on any atom is -0.550 e. The van der Waals surface area contributed by atoms with Gasteiger partial charge in [-0.1, -0.05) is 59.8 Å². The van der Waals surface area contributed by atoms with Crippen molar-refractivity contribution < 1.29 is 44.3 Å². The summed E-state index contributed by atoms with van der Waals surface area (Å²) in [6, 6.07) is 0. The second-order valence-corrected chi connectivity index (χ2v) is 7.05. The van der Waals surface area contributed by atoms with Crippen LogP contribution in [0.4, 0.5) is 0 Å². The summed E-state index contributed by atoms with van der Waals surface area (Å²) in [6.45, 7) is 8.83. The molecule has 1 N–H and O–H groups in total. The molecule has 0 radical (unpaired) electrons. The van der Waals surface area contributed by atoms with Crippen molar-refractivity contribution in [3.63, 3.8) is 0 Å². The summed E-state index contributed by atoms with van der Waals surface area (Å²) in [5.74, 6) is -1.49. The van der Waals surface area contributed by atoms with Gasteiger partial charge in [-0.25, -0.2) is 0 Å². The van der Waals surface area contributed by atoms with Crippen LogP contribution in [0.2, 0.25) is 0 Å². The van der Waals surface area contributed by atoms with Crippen molar-refractivity contribution >= 4 is 11.9 Å². The Morgan fingerprint density at radius 2 is 1.50 bits per heavy atom. The van der Waals surface area contributed by atoms with Crippen LogP contribution in [0, 0.1) is 17.8 Å². The Bertz CT molecular complexity index is 335. The summed E-state index contributed by atoms with van der Waals surface area (Å²) in [4.78, 5) is 23.5. The molecule has 24 heavy (non-hydrogen) atoms. The maximum absolute atomic E-state index is 12.2. The van der Waals surface area contributed by atoms with E-state index in [1.165, 1.54) is 25.7 Å². The van der Waals surface area contributed by atoms with Gasteiger partial charge in [0, 0.05) is 18.4 Å². The number of hydrogen-bond donors (Lipinski definition) is 1. The summed E-state index contributed by atoms with van der Waals surface area (Å²) in [5, 5.41) is 14.2. The molecule has 0 aromatic heterocycles. The predicted molar refractivity (Wildman–Crippen MR) is 92.7 cm³/mol. The number of nitrogens with one attached hydrogen (secondary N) is 1. The van der Waals surface area contributed by atoms with Gasteiger partial charge in [0.1, 0.15) is 0 Å². The zero-order valence-electron chi connectivity index (χ0n) is 16.5. The molecule has 0 saturated carbocycles. The number of amides is 1. The third-order valence-corrected chi connectivity index (χ3v) is 4.35. The number of carboxylic acid groups (broad SMARTS) is 1. The number of carbonyl (C=O) groups is 2. The van der Waals surface area contributed by atoms with Crippen molar-refractivity contribution in [2.24, 2.45) is 17.8 Å². The SMILES string of the molecule is CCCCCCCCNC(=O)C(CC)C[C@H](CC(C)C)C(=O)[O-].[Na+]. The fourth-order valence-corrected chi connectivity index (χ4v) is 2.92. The standard InChI is InChI=1S/C19H37NO3.Na/c1-5-7-8-9-10-11-12-20-18(21)16(6-2)14-17(19(22)23)13-15(3)4;/h15-17H,5-14H2,1-4H3,(H,20,21)(H,22,23);/q;+1/p-1/t16?,17-;/m0./s1. The zero-order valence-corrected chi connectivity index (χ0v) is 18.5. The van der Waals surface area contributed by atoms with Gasteiger partial charge in [0.25, 0.3) is 0 Å². The second kappa shape index (κ2) is 16.4. The summed E-state index contributed by atoms with van der Waals surface area (Å²) in [7, 11) is 0. The average molecular weight is 349 g/mol. The van der Waals surface area contributed by atoms with Gasteiger partial charge < -0.3 is 15.2 Å². The van der Waals surface area contributed by atoms with Gasteiger partial charge in [0.05, 0.1) is 0 Å². The molecule has 136 valence electrons. The van der Waals surface area contributed by atoms with Crippen molar-refractivity contribution in [1.82, 2.24) is 5.32 Å². The smallest absolute Gasteiger partial charge is 0.550 e. The van der Waals surface area contributed by atoms with Crippen LogP contribution in [0.1, 0.15) is 85.5 Å². The first kappa shape index (κ1) is 26.2. The Morgan fingerprint density at radius 1 is 0.917 bits per heavy atom. The van der Waals surface area contributed by atoms with Gasteiger partial charge >= 0.3 is 29.6 Å². The molecule has 0 aliphatic heterocycles. The number of hydrogen-bond acceptors (Lipinski definition) is 3. The van der Waals surface area contributed by atoms with Crippen LogP contribution in [0.5, 0.6) is 0 Å². The van der Waals surface area contributed by atoms with E-state index >= 15 is 0 Å². The summed E-state index contributed by atoms with van der Waals surface area (Å²) in [6.07, 6.45) is 8.79. The predicted octanol–water partition coefficient (Wildman–Crippen LogP) is 0.296. The Hall–Kier alpha value is -0.0600. The quantitative estimate of drug-likeness (QED) is 0.362. The van der Waals surface area contributed by atoms with Crippen molar-refractivity contribution in [2.75, 3.05) is 6.54 Å². The summed E-state index contributed by atoms with van der Waals surface area (Å²) in [5.41, 5.74) is 0. The van der Waals surface area contributed by atoms with Crippen molar-refractivity contribution in [3.8, 4) is 0 Å². The molecule has 0 rings (SSSR count). The number of carboxylic acids is 1.